The number of rotatable bonds is 6. The highest BCUT2D eigenvalue weighted by molar-refractivity contribution is 7.85. The smallest absolute Gasteiger partial charge is 0.302 e. The third-order valence-corrected chi connectivity index (χ3v) is 5.73. The molecule has 0 aromatic heterocycles. The molecule has 24 heavy (non-hydrogen) atoms. The molecule has 3 atom stereocenters. The minimum absolute atomic E-state index is 0.141. The van der Waals surface area contributed by atoms with E-state index in [1.54, 1.807) is 0 Å². The number of nitrogens with zero attached hydrogens (tertiary/aromatic N) is 1. The van der Waals surface area contributed by atoms with Crippen LogP contribution in [0.25, 0.3) is 0 Å². The van der Waals surface area contributed by atoms with Gasteiger partial charge in [-0.3, -0.25) is 9.69 Å². The summed E-state index contributed by atoms with van der Waals surface area (Å²) in [5.41, 5.74) is 1.86. The predicted molar refractivity (Wildman–Crippen MR) is 92.9 cm³/mol. The molecule has 0 aliphatic carbocycles. The van der Waals surface area contributed by atoms with Crippen molar-refractivity contribution in [3.63, 3.8) is 0 Å². The van der Waals surface area contributed by atoms with Gasteiger partial charge in [-0.15, -0.1) is 0 Å². The van der Waals surface area contributed by atoms with E-state index >= 15 is 0 Å². The molecular weight excluding hydrogens is 322 g/mol. The summed E-state index contributed by atoms with van der Waals surface area (Å²) in [4.78, 5) is 14.9. The molecule has 2 unspecified atom stereocenters. The second-order valence-electron chi connectivity index (χ2n) is 6.04. The van der Waals surface area contributed by atoms with Gasteiger partial charge in [0, 0.05) is 36.5 Å². The summed E-state index contributed by atoms with van der Waals surface area (Å²) < 4.78 is 18.3. The molecule has 1 aliphatic rings. The van der Waals surface area contributed by atoms with Crippen molar-refractivity contribution in [2.45, 2.75) is 42.8 Å². The number of ether oxygens (including phenoxy) is 1. The number of esters is 1. The minimum Gasteiger partial charge on any atom is -0.461 e. The molecule has 2 aromatic carbocycles. The fourth-order valence-corrected chi connectivity index (χ4v) is 4.03. The number of carbonyl (C=O) groups excluding carboxylic acids is 1. The Morgan fingerprint density at radius 1 is 1.12 bits per heavy atom. The van der Waals surface area contributed by atoms with Gasteiger partial charge in [-0.05, 0) is 24.6 Å². The van der Waals surface area contributed by atoms with Crippen molar-refractivity contribution in [2.75, 3.05) is 6.54 Å². The van der Waals surface area contributed by atoms with E-state index in [9.17, 15) is 9.00 Å². The zero-order valence-electron chi connectivity index (χ0n) is 13.9. The van der Waals surface area contributed by atoms with Crippen LogP contribution in [0.4, 0.5) is 0 Å². The average molecular weight is 343 g/mol. The second-order valence-corrected chi connectivity index (χ2v) is 7.46. The van der Waals surface area contributed by atoms with E-state index in [1.807, 2.05) is 48.5 Å². The second kappa shape index (κ2) is 7.28. The van der Waals surface area contributed by atoms with Gasteiger partial charge < -0.3 is 4.74 Å². The van der Waals surface area contributed by atoms with Crippen LogP contribution in [0.5, 0.6) is 0 Å². The zero-order valence-corrected chi connectivity index (χ0v) is 14.7. The SMILES string of the molecule is CC(=O)OCc1ccccc1S(=O)c1ccccc1CN1C[C@@H]1C. The fourth-order valence-electron chi connectivity index (χ4n) is 2.65. The molecule has 0 amide bonds. The quantitative estimate of drug-likeness (QED) is 0.597. The Labute approximate surface area is 144 Å². The maximum absolute atomic E-state index is 13.2. The van der Waals surface area contributed by atoms with Crippen LogP contribution in [0.3, 0.4) is 0 Å². The monoisotopic (exact) mass is 343 g/mol. The van der Waals surface area contributed by atoms with Gasteiger partial charge in [-0.25, -0.2) is 4.21 Å². The Hall–Kier alpha value is -1.98. The van der Waals surface area contributed by atoms with Gasteiger partial charge in [0.25, 0.3) is 0 Å². The molecule has 3 rings (SSSR count). The maximum Gasteiger partial charge on any atom is 0.302 e. The van der Waals surface area contributed by atoms with E-state index in [0.29, 0.717) is 10.9 Å². The highest BCUT2D eigenvalue weighted by Gasteiger charge is 2.29. The number of benzene rings is 2. The predicted octanol–water partition coefficient (Wildman–Crippen LogP) is 3.12. The van der Waals surface area contributed by atoms with Gasteiger partial charge in [0.05, 0.1) is 15.7 Å². The summed E-state index contributed by atoms with van der Waals surface area (Å²) in [6.07, 6.45) is 0. The van der Waals surface area contributed by atoms with Crippen LogP contribution in [-0.4, -0.2) is 27.7 Å². The van der Waals surface area contributed by atoms with Gasteiger partial charge in [-0.2, -0.15) is 0 Å². The summed E-state index contributed by atoms with van der Waals surface area (Å²) in [6.45, 7) is 5.61. The normalized spacial score (nSPS) is 20.4. The van der Waals surface area contributed by atoms with Crippen LogP contribution in [-0.2, 0) is 33.5 Å². The molecule has 1 saturated heterocycles. The average Bonchev–Trinajstić information content (AvgIpc) is 3.28. The van der Waals surface area contributed by atoms with Crippen molar-refractivity contribution in [3.8, 4) is 0 Å². The molecule has 5 heteroatoms. The van der Waals surface area contributed by atoms with E-state index in [-0.39, 0.29) is 12.6 Å². The molecule has 4 nitrogen and oxygen atoms in total. The van der Waals surface area contributed by atoms with Gasteiger partial charge in [0.1, 0.15) is 6.61 Å². The summed E-state index contributed by atoms with van der Waals surface area (Å²) in [7, 11) is -1.30. The van der Waals surface area contributed by atoms with Gasteiger partial charge in [0.15, 0.2) is 0 Å². The van der Waals surface area contributed by atoms with Crippen LogP contribution in [0.1, 0.15) is 25.0 Å². The van der Waals surface area contributed by atoms with E-state index in [0.717, 1.165) is 29.1 Å². The van der Waals surface area contributed by atoms with Gasteiger partial charge >= 0.3 is 5.97 Å². The molecule has 0 spiro atoms. The summed E-state index contributed by atoms with van der Waals surface area (Å²) in [6, 6.07) is 15.9. The van der Waals surface area contributed by atoms with Crippen molar-refractivity contribution in [1.29, 1.82) is 0 Å². The Kier molecular flexibility index (Phi) is 5.11. The first-order chi connectivity index (χ1) is 11.6. The topological polar surface area (TPSA) is 46.4 Å². The van der Waals surface area contributed by atoms with Crippen LogP contribution in [0.15, 0.2) is 58.3 Å². The lowest BCUT2D eigenvalue weighted by atomic mass is 10.2. The first kappa shape index (κ1) is 16.9. The summed E-state index contributed by atoms with van der Waals surface area (Å²) in [5.74, 6) is -0.341. The zero-order chi connectivity index (χ0) is 17.1. The van der Waals surface area contributed by atoms with Crippen LogP contribution in [0.2, 0.25) is 0 Å². The molecule has 0 N–H and O–H groups in total. The molecular formula is C19H21NO3S. The summed E-state index contributed by atoms with van der Waals surface area (Å²) in [5, 5.41) is 0. The third kappa shape index (κ3) is 3.91. The van der Waals surface area contributed by atoms with Gasteiger partial charge in [0.2, 0.25) is 0 Å². The molecule has 1 heterocycles. The third-order valence-electron chi connectivity index (χ3n) is 4.14. The Morgan fingerprint density at radius 3 is 2.25 bits per heavy atom. The van der Waals surface area contributed by atoms with Crippen LogP contribution >= 0.6 is 0 Å². The number of carbonyl (C=O) groups is 1. The first-order valence-electron chi connectivity index (χ1n) is 8.01. The molecule has 0 bridgehead atoms. The largest absolute Gasteiger partial charge is 0.461 e. The maximum atomic E-state index is 13.2. The first-order valence-corrected chi connectivity index (χ1v) is 9.16. The fraction of sp³-hybridized carbons (Fsp3) is 0.316. The van der Waals surface area contributed by atoms with E-state index in [2.05, 4.69) is 11.8 Å². The lowest BCUT2D eigenvalue weighted by molar-refractivity contribution is -0.142. The van der Waals surface area contributed by atoms with Crippen molar-refractivity contribution in [3.05, 3.63) is 59.7 Å². The van der Waals surface area contributed by atoms with Crippen molar-refractivity contribution in [1.82, 2.24) is 4.90 Å². The molecule has 0 radical (unpaired) electrons. The Morgan fingerprint density at radius 2 is 1.67 bits per heavy atom. The van der Waals surface area contributed by atoms with Gasteiger partial charge in [-0.1, -0.05) is 36.4 Å². The Bertz CT molecular complexity index is 775. The van der Waals surface area contributed by atoms with E-state index in [4.69, 9.17) is 4.74 Å². The lowest BCUT2D eigenvalue weighted by Gasteiger charge is -2.13. The molecule has 2 aromatic rings. The lowest BCUT2D eigenvalue weighted by Crippen LogP contribution is -2.07. The molecule has 0 saturated carbocycles. The van der Waals surface area contributed by atoms with Crippen molar-refractivity contribution >= 4 is 16.8 Å². The number of hydrogen-bond donors (Lipinski definition) is 0. The number of hydrogen-bond acceptors (Lipinski definition) is 4. The minimum atomic E-state index is -1.30. The highest BCUT2D eigenvalue weighted by atomic mass is 32.2. The molecule has 1 aliphatic heterocycles. The highest BCUT2D eigenvalue weighted by Crippen LogP contribution is 2.27. The van der Waals surface area contributed by atoms with E-state index in [1.165, 1.54) is 6.92 Å². The van der Waals surface area contributed by atoms with Crippen molar-refractivity contribution < 1.29 is 13.7 Å². The van der Waals surface area contributed by atoms with E-state index < -0.39 is 10.8 Å². The van der Waals surface area contributed by atoms with Crippen LogP contribution < -0.4 is 0 Å². The Balaban J connectivity index is 1.88. The molecule has 1 fully saturated rings. The van der Waals surface area contributed by atoms with Crippen molar-refractivity contribution in [2.24, 2.45) is 0 Å². The van der Waals surface area contributed by atoms with Crippen LogP contribution in [0, 0.1) is 0 Å². The molecule has 126 valence electrons. The summed E-state index contributed by atoms with van der Waals surface area (Å²) >= 11 is 0. The standard InChI is InChI=1S/C19H21NO3S/c1-14-11-20(14)12-16-7-3-5-9-18(16)24(22)19-10-6-4-8-17(19)13-23-15(2)21/h3-10,14H,11-13H2,1-2H3/t14-,20?,24?/m0/s1.